The van der Waals surface area contributed by atoms with E-state index >= 15 is 0 Å². The number of hydrogen-bond acceptors (Lipinski definition) is 18. The third-order valence-electron chi connectivity index (χ3n) is 14.2. The van der Waals surface area contributed by atoms with Crippen molar-refractivity contribution in [2.75, 3.05) is 13.2 Å². The number of nitrogens with zero attached hydrogens (tertiary/aromatic N) is 7. The summed E-state index contributed by atoms with van der Waals surface area (Å²) in [6.45, 7) is 14.8. The van der Waals surface area contributed by atoms with Crippen molar-refractivity contribution in [2.24, 2.45) is 32.7 Å². The Morgan fingerprint density at radius 1 is 0.631 bits per heavy atom. The number of carbonyl (C=O) groups excluding carboxylic acids is 5. The molecule has 0 atom stereocenters. The largest absolute Gasteiger partial charge is 0.478 e. The van der Waals surface area contributed by atoms with Gasteiger partial charge in [0.15, 0.2) is 0 Å². The monoisotopic (exact) mass is 1180 g/mol. The number of aromatic amines is 1. The zero-order chi connectivity index (χ0) is 61.5. The Labute approximate surface area is 487 Å². The van der Waals surface area contributed by atoms with Gasteiger partial charge in [-0.2, -0.15) is 5.10 Å². The number of rotatable bonds is 10. The average Bonchev–Trinajstić information content (AvgIpc) is 2.06. The number of aromatic nitrogens is 8. The van der Waals surface area contributed by atoms with Gasteiger partial charge in [-0.25, -0.2) is 55.3 Å². The zero-order valence-electron chi connectivity index (χ0n) is 49.1. The summed E-state index contributed by atoms with van der Waals surface area (Å²) in [4.78, 5) is 94.7. The van der Waals surface area contributed by atoms with Gasteiger partial charge in [0.05, 0.1) is 57.4 Å². The Balaban J connectivity index is 0.000000173. The van der Waals surface area contributed by atoms with E-state index in [4.69, 9.17) is 29.9 Å². The lowest BCUT2D eigenvalue weighted by molar-refractivity contribution is 0.0350. The molecule has 5 amide bonds. The summed E-state index contributed by atoms with van der Waals surface area (Å²) in [7, 11) is 5.68. The normalized spacial score (nSPS) is 15.3. The predicted octanol–water partition coefficient (Wildman–Crippen LogP) is 7.37. The van der Waals surface area contributed by atoms with Crippen LogP contribution in [0.25, 0.3) is 43.7 Å². The van der Waals surface area contributed by atoms with Crippen LogP contribution in [0.2, 0.25) is 0 Å². The van der Waals surface area contributed by atoms with Gasteiger partial charge in [0.25, 0.3) is 5.91 Å². The van der Waals surface area contributed by atoms with Crippen molar-refractivity contribution in [2.45, 2.75) is 141 Å². The quantitative estimate of drug-likeness (QED) is 0.0279. The third kappa shape index (κ3) is 14.6. The summed E-state index contributed by atoms with van der Waals surface area (Å²) < 4.78 is 25.7. The number of aromatic carboxylic acids is 1. The van der Waals surface area contributed by atoms with Crippen molar-refractivity contribution in [3.05, 3.63) is 92.9 Å². The molecule has 0 saturated heterocycles. The molecule has 3 saturated carbocycles. The molecule has 4 heterocycles. The van der Waals surface area contributed by atoms with Crippen LogP contribution in [0.15, 0.2) is 59.4 Å². The number of carboxylic acid groups (broad SMARTS) is 1. The first-order valence-electron chi connectivity index (χ1n) is 27.4. The molecule has 0 spiro atoms. The second-order valence-electron chi connectivity index (χ2n) is 22.6. The number of fused-ring (bicyclic) bond motifs is 3. The zero-order valence-corrected chi connectivity index (χ0v) is 49.9. The van der Waals surface area contributed by atoms with Crippen LogP contribution in [-0.4, -0.2) is 105 Å². The lowest BCUT2D eigenvalue weighted by Crippen LogP contribution is -2.53. The van der Waals surface area contributed by atoms with Crippen LogP contribution in [0.4, 0.5) is 19.2 Å². The van der Waals surface area contributed by atoms with E-state index < -0.39 is 58.5 Å². The minimum Gasteiger partial charge on any atom is -0.478 e. The SMILES string of the molecule is CCOC(=O)NN.CCOC(=O)NNC(=O)c1ccc2nc(C3(NC(=O)OC(C)(C)C)CCC3)n(C)c2c1.Cn1c(C2(N)CCC2)nc2ccc(-c3n[nH]c(=O)s3)cc21.Cn1c(C2(NC(=O)OC(C)(C)C)CCC2)nc2ccc(C(=O)O)cc21. The maximum absolute atomic E-state index is 12.4. The molecular formula is C56H75N15O12S. The highest BCUT2D eigenvalue weighted by molar-refractivity contribution is 7.12. The maximum Gasteiger partial charge on any atom is 0.426 e. The molecule has 3 aromatic carbocycles. The van der Waals surface area contributed by atoms with Gasteiger partial charge in [0.2, 0.25) is 0 Å². The second-order valence-corrected chi connectivity index (χ2v) is 23.6. The number of carboxylic acids is 1. The number of amides is 5. The third-order valence-corrected chi connectivity index (χ3v) is 15.0. The number of hydrogen-bond donors (Lipinski definition) is 9. The molecule has 0 aliphatic heterocycles. The molecule has 3 aliphatic rings. The Morgan fingerprint density at radius 2 is 1.07 bits per heavy atom. The minimum absolute atomic E-state index is 0.147. The number of carbonyl (C=O) groups is 6. The first-order valence-corrected chi connectivity index (χ1v) is 28.2. The molecule has 3 fully saturated rings. The highest BCUT2D eigenvalue weighted by atomic mass is 32.1. The number of aryl methyl sites for hydroxylation is 3. The lowest BCUT2D eigenvalue weighted by Gasteiger charge is -2.41. The maximum atomic E-state index is 12.4. The average molecular weight is 1180 g/mol. The summed E-state index contributed by atoms with van der Waals surface area (Å²) in [6.07, 6.45) is 5.84. The molecular weight excluding hydrogens is 1110 g/mol. The van der Waals surface area contributed by atoms with E-state index in [1.54, 1.807) is 49.6 Å². The van der Waals surface area contributed by atoms with Gasteiger partial charge >= 0.3 is 35.2 Å². The standard InChI is InChI=1S/C21H29N5O5.C18H23N3O4.C14H15N5OS.C3H8N2O2/c1-6-30-19(29)25-24-16(27)13-8-9-14-15(12-13)26(5)17(22-14)21(10-7-11-21)23-18(28)31-20(2,3)4;1-17(2,3)25-16(24)20-18(8-5-9-18)15-19-12-7-6-11(14(22)23)10-13(12)21(15)4;1-19-10-7-8(11-17-18-13(20)21-11)3-4-9(10)16-12(19)14(15)5-2-6-14;1-2-7-3(6)5-4/h8-9,12H,6-7,10-11H2,1-5H3,(H,23,28)(H,24,27)(H,25,29);6-7,10H,5,8-9H2,1-4H3,(H,20,24)(H,22,23);3-4,7H,2,5-6,15H2,1H3,(H,18,20);2,4H2,1H3,(H,5,6). The number of imidazole rings is 3. The minimum atomic E-state index is -0.977. The summed E-state index contributed by atoms with van der Waals surface area (Å²) in [5.74, 6) is 5.55. The number of ether oxygens (including phenoxy) is 4. The highest BCUT2D eigenvalue weighted by Gasteiger charge is 2.46. The predicted molar refractivity (Wildman–Crippen MR) is 312 cm³/mol. The topological polar surface area (TPSA) is 371 Å². The second kappa shape index (κ2) is 25.5. The van der Waals surface area contributed by atoms with E-state index in [0.717, 1.165) is 108 Å². The Kier molecular flexibility index (Phi) is 19.1. The molecule has 10 rings (SSSR count). The van der Waals surface area contributed by atoms with Gasteiger partial charge in [-0.05, 0) is 168 Å². The van der Waals surface area contributed by atoms with E-state index in [9.17, 15) is 38.7 Å². The number of benzene rings is 3. The molecule has 3 aliphatic carbocycles. The van der Waals surface area contributed by atoms with Crippen LogP contribution in [0.5, 0.6) is 0 Å². The summed E-state index contributed by atoms with van der Waals surface area (Å²) in [6, 6.07) is 15.8. The molecule has 4 aromatic heterocycles. The van der Waals surface area contributed by atoms with Crippen LogP contribution in [0, 0.1) is 0 Å². The Morgan fingerprint density at radius 3 is 1.48 bits per heavy atom. The molecule has 0 bridgehead atoms. The van der Waals surface area contributed by atoms with Crippen molar-refractivity contribution in [1.29, 1.82) is 0 Å². The van der Waals surface area contributed by atoms with E-state index in [2.05, 4.69) is 51.8 Å². The Hall–Kier alpha value is -8.63. The van der Waals surface area contributed by atoms with Gasteiger partial charge < -0.3 is 54.1 Å². The lowest BCUT2D eigenvalue weighted by atomic mass is 9.76. The first-order chi connectivity index (χ1) is 39.5. The van der Waals surface area contributed by atoms with Gasteiger partial charge in [0, 0.05) is 32.3 Å². The number of alkyl carbamates (subject to hydrolysis) is 2. The fourth-order valence-corrected chi connectivity index (χ4v) is 10.4. The molecule has 84 heavy (non-hydrogen) atoms. The summed E-state index contributed by atoms with van der Waals surface area (Å²) >= 11 is 1.11. The van der Waals surface area contributed by atoms with Crippen molar-refractivity contribution in [3.8, 4) is 10.6 Å². The number of H-pyrrole nitrogens is 1. The fourth-order valence-electron chi connectivity index (χ4n) is 9.80. The fraction of sp³-hybridized carbons (Fsp3) is 0.482. The molecule has 0 unspecified atom stereocenters. The van der Waals surface area contributed by atoms with Crippen LogP contribution in [-0.2, 0) is 56.7 Å². The molecule has 0 radical (unpaired) electrons. The number of nitrogens with one attached hydrogen (secondary N) is 6. The van der Waals surface area contributed by atoms with E-state index in [-0.39, 0.29) is 22.6 Å². The van der Waals surface area contributed by atoms with Crippen LogP contribution in [0.3, 0.4) is 0 Å². The van der Waals surface area contributed by atoms with Crippen molar-refractivity contribution in [1.82, 2.24) is 65.8 Å². The highest BCUT2D eigenvalue weighted by Crippen LogP contribution is 2.44. The van der Waals surface area contributed by atoms with E-state index in [0.29, 0.717) is 34.0 Å². The van der Waals surface area contributed by atoms with Gasteiger partial charge in [-0.15, -0.1) is 0 Å². The Bertz CT molecular complexity index is 3630. The van der Waals surface area contributed by atoms with E-state index in [1.807, 2.05) is 90.0 Å². The van der Waals surface area contributed by atoms with Gasteiger partial charge in [-0.1, -0.05) is 11.3 Å². The van der Waals surface area contributed by atoms with Gasteiger partial charge in [-0.3, -0.25) is 20.4 Å². The summed E-state index contributed by atoms with van der Waals surface area (Å²) in [5, 5.41) is 22.3. The van der Waals surface area contributed by atoms with Crippen molar-refractivity contribution in [3.63, 3.8) is 0 Å². The molecule has 452 valence electrons. The van der Waals surface area contributed by atoms with Gasteiger partial charge in [0.1, 0.15) is 44.8 Å². The first kappa shape index (κ1) is 63.0. The van der Waals surface area contributed by atoms with Crippen molar-refractivity contribution >= 4 is 80.7 Å². The molecule has 7 aromatic rings. The molecule has 28 heteroatoms. The number of nitrogens with two attached hydrogens (primary N) is 2. The number of hydrazine groups is 2. The molecule has 11 N–H and O–H groups in total. The van der Waals surface area contributed by atoms with Crippen LogP contribution >= 0.6 is 11.3 Å². The summed E-state index contributed by atoms with van der Waals surface area (Å²) in [5.41, 5.74) is 16.4. The van der Waals surface area contributed by atoms with Crippen LogP contribution in [0.1, 0.15) is 151 Å². The van der Waals surface area contributed by atoms with Crippen molar-refractivity contribution < 1.29 is 52.8 Å². The molecule has 27 nitrogen and oxygen atoms in total. The smallest absolute Gasteiger partial charge is 0.426 e. The van der Waals surface area contributed by atoms with E-state index in [1.165, 1.54) is 6.07 Å². The van der Waals surface area contributed by atoms with Crippen LogP contribution < -0.4 is 43.4 Å².